The van der Waals surface area contributed by atoms with Crippen molar-refractivity contribution in [3.63, 3.8) is 0 Å². The van der Waals surface area contributed by atoms with Gasteiger partial charge in [0.2, 0.25) is 0 Å². The highest BCUT2D eigenvalue weighted by atomic mass is 79.9. The van der Waals surface area contributed by atoms with Gasteiger partial charge in [-0.25, -0.2) is 4.98 Å². The van der Waals surface area contributed by atoms with Crippen molar-refractivity contribution in [2.45, 2.75) is 20.3 Å². The molecule has 0 spiro atoms. The van der Waals surface area contributed by atoms with Gasteiger partial charge in [-0.05, 0) is 34.0 Å². The number of imidazole rings is 1. The molecule has 1 heterocycles. The van der Waals surface area contributed by atoms with Crippen LogP contribution in [0.3, 0.4) is 0 Å². The molecule has 0 aliphatic carbocycles. The van der Waals surface area contributed by atoms with E-state index in [1.165, 1.54) is 0 Å². The van der Waals surface area contributed by atoms with Crippen LogP contribution in [0, 0.1) is 5.92 Å². The van der Waals surface area contributed by atoms with Gasteiger partial charge >= 0.3 is 0 Å². The summed E-state index contributed by atoms with van der Waals surface area (Å²) < 4.78 is 0.948. The lowest BCUT2D eigenvalue weighted by atomic mass is 10.1. The van der Waals surface area contributed by atoms with Gasteiger partial charge < -0.3 is 10.7 Å². The standard InChI is InChI=1S/C11H14BrN3/c1-6(2)3-10-14-9-5-7(13)4-8(12)11(9)15-10/h4-6H,3,13H2,1-2H3,(H,14,15). The largest absolute Gasteiger partial charge is 0.399 e. The number of hydrogen-bond donors (Lipinski definition) is 2. The lowest BCUT2D eigenvalue weighted by molar-refractivity contribution is 0.627. The van der Waals surface area contributed by atoms with Crippen LogP contribution in [0.1, 0.15) is 19.7 Å². The van der Waals surface area contributed by atoms with E-state index in [4.69, 9.17) is 5.73 Å². The average Bonchev–Trinajstić information content (AvgIpc) is 2.45. The van der Waals surface area contributed by atoms with Crippen LogP contribution in [0.25, 0.3) is 11.0 Å². The van der Waals surface area contributed by atoms with Crippen LogP contribution in [0.2, 0.25) is 0 Å². The van der Waals surface area contributed by atoms with Gasteiger partial charge in [-0.3, -0.25) is 0 Å². The summed E-state index contributed by atoms with van der Waals surface area (Å²) in [5.74, 6) is 1.62. The summed E-state index contributed by atoms with van der Waals surface area (Å²) in [4.78, 5) is 7.82. The summed E-state index contributed by atoms with van der Waals surface area (Å²) in [6.07, 6.45) is 0.959. The molecule has 3 nitrogen and oxygen atoms in total. The van der Waals surface area contributed by atoms with Gasteiger partial charge in [-0.15, -0.1) is 0 Å². The smallest absolute Gasteiger partial charge is 0.107 e. The molecular formula is C11H14BrN3. The highest BCUT2D eigenvalue weighted by molar-refractivity contribution is 9.10. The molecule has 1 aromatic heterocycles. The number of nitrogens with two attached hydrogens (primary N) is 1. The van der Waals surface area contributed by atoms with Crippen molar-refractivity contribution in [2.24, 2.45) is 5.92 Å². The van der Waals surface area contributed by atoms with Gasteiger partial charge in [0.15, 0.2) is 0 Å². The maximum absolute atomic E-state index is 5.76. The van der Waals surface area contributed by atoms with E-state index in [2.05, 4.69) is 39.7 Å². The number of nitrogen functional groups attached to an aromatic ring is 1. The Bertz CT molecular complexity index is 488. The minimum atomic E-state index is 0.599. The molecule has 0 aliphatic rings. The van der Waals surface area contributed by atoms with Crippen LogP contribution < -0.4 is 5.73 Å². The fourth-order valence-electron chi connectivity index (χ4n) is 1.63. The van der Waals surface area contributed by atoms with Gasteiger partial charge in [0, 0.05) is 16.6 Å². The van der Waals surface area contributed by atoms with Crippen LogP contribution in [0.5, 0.6) is 0 Å². The monoisotopic (exact) mass is 267 g/mol. The predicted octanol–water partition coefficient (Wildman–Crippen LogP) is 3.11. The Morgan fingerprint density at radius 3 is 2.87 bits per heavy atom. The summed E-state index contributed by atoms with van der Waals surface area (Å²) in [5.41, 5.74) is 8.46. The van der Waals surface area contributed by atoms with E-state index in [9.17, 15) is 0 Å². The molecule has 80 valence electrons. The second-order valence-corrected chi connectivity index (χ2v) is 5.03. The van der Waals surface area contributed by atoms with Crippen LogP contribution in [0.15, 0.2) is 16.6 Å². The molecule has 0 fully saturated rings. The van der Waals surface area contributed by atoms with Crippen molar-refractivity contribution in [3.8, 4) is 0 Å². The Morgan fingerprint density at radius 2 is 2.20 bits per heavy atom. The molecule has 0 bridgehead atoms. The van der Waals surface area contributed by atoms with Crippen molar-refractivity contribution in [2.75, 3.05) is 5.73 Å². The summed E-state index contributed by atoms with van der Waals surface area (Å²) >= 11 is 3.46. The van der Waals surface area contributed by atoms with Crippen LogP contribution in [0.4, 0.5) is 5.69 Å². The van der Waals surface area contributed by atoms with Gasteiger partial charge in [-0.2, -0.15) is 0 Å². The van der Waals surface area contributed by atoms with Gasteiger partial charge in [-0.1, -0.05) is 13.8 Å². The Morgan fingerprint density at radius 1 is 1.47 bits per heavy atom. The van der Waals surface area contributed by atoms with E-state index >= 15 is 0 Å². The molecular weight excluding hydrogens is 254 g/mol. The fourth-order valence-corrected chi connectivity index (χ4v) is 2.20. The van der Waals surface area contributed by atoms with Crippen molar-refractivity contribution >= 4 is 32.7 Å². The third kappa shape index (κ3) is 2.15. The third-order valence-electron chi connectivity index (χ3n) is 2.21. The van der Waals surface area contributed by atoms with Crippen molar-refractivity contribution in [1.82, 2.24) is 9.97 Å². The highest BCUT2D eigenvalue weighted by Crippen LogP contribution is 2.25. The van der Waals surface area contributed by atoms with E-state index < -0.39 is 0 Å². The summed E-state index contributed by atoms with van der Waals surface area (Å²) in [7, 11) is 0. The summed E-state index contributed by atoms with van der Waals surface area (Å²) in [5, 5.41) is 0. The van der Waals surface area contributed by atoms with Crippen LogP contribution >= 0.6 is 15.9 Å². The van der Waals surface area contributed by atoms with E-state index in [0.717, 1.165) is 33.4 Å². The molecule has 0 saturated heterocycles. The van der Waals surface area contributed by atoms with Crippen molar-refractivity contribution in [1.29, 1.82) is 0 Å². The predicted molar refractivity (Wildman–Crippen MR) is 66.7 cm³/mol. The second kappa shape index (κ2) is 3.85. The SMILES string of the molecule is CC(C)Cc1nc2c(Br)cc(N)cc2[nH]1. The first-order valence-electron chi connectivity index (χ1n) is 5.00. The molecule has 4 heteroatoms. The van der Waals surface area contributed by atoms with E-state index in [1.54, 1.807) is 0 Å². The molecule has 0 amide bonds. The van der Waals surface area contributed by atoms with Crippen LogP contribution in [-0.2, 0) is 6.42 Å². The quantitative estimate of drug-likeness (QED) is 0.822. The molecule has 15 heavy (non-hydrogen) atoms. The van der Waals surface area contributed by atoms with Gasteiger partial charge in [0.1, 0.15) is 11.3 Å². The number of nitrogens with zero attached hydrogens (tertiary/aromatic N) is 1. The number of halogens is 1. The Labute approximate surface area is 97.2 Å². The number of aromatic amines is 1. The van der Waals surface area contributed by atoms with Gasteiger partial charge in [0.05, 0.1) is 5.52 Å². The first kappa shape index (κ1) is 10.5. The molecule has 0 radical (unpaired) electrons. The van der Waals surface area contributed by atoms with E-state index in [1.807, 2.05) is 12.1 Å². The number of aromatic nitrogens is 2. The molecule has 0 unspecified atom stereocenters. The number of nitrogens with one attached hydrogen (secondary N) is 1. The molecule has 1 aromatic carbocycles. The zero-order valence-electron chi connectivity index (χ0n) is 8.84. The molecule has 2 rings (SSSR count). The van der Waals surface area contributed by atoms with Crippen molar-refractivity contribution < 1.29 is 0 Å². The molecule has 3 N–H and O–H groups in total. The Balaban J connectivity index is 2.50. The number of anilines is 1. The minimum Gasteiger partial charge on any atom is -0.399 e. The molecule has 0 aliphatic heterocycles. The fraction of sp³-hybridized carbons (Fsp3) is 0.364. The summed E-state index contributed by atoms with van der Waals surface area (Å²) in [6.45, 7) is 4.35. The number of hydrogen-bond acceptors (Lipinski definition) is 2. The number of rotatable bonds is 2. The number of fused-ring (bicyclic) bond motifs is 1. The number of benzene rings is 1. The topological polar surface area (TPSA) is 54.7 Å². The van der Waals surface area contributed by atoms with E-state index in [-0.39, 0.29) is 0 Å². The van der Waals surface area contributed by atoms with E-state index in [0.29, 0.717) is 5.92 Å². The molecule has 0 saturated carbocycles. The Kier molecular flexibility index (Phi) is 2.69. The molecule has 2 aromatic rings. The number of H-pyrrole nitrogens is 1. The second-order valence-electron chi connectivity index (χ2n) is 4.18. The lowest BCUT2D eigenvalue weighted by Crippen LogP contribution is -1.95. The zero-order chi connectivity index (χ0) is 11.0. The van der Waals surface area contributed by atoms with Crippen LogP contribution in [-0.4, -0.2) is 9.97 Å². The minimum absolute atomic E-state index is 0.599. The zero-order valence-corrected chi connectivity index (χ0v) is 10.4. The summed E-state index contributed by atoms with van der Waals surface area (Å²) in [6, 6.07) is 3.79. The third-order valence-corrected chi connectivity index (χ3v) is 2.82. The first-order valence-corrected chi connectivity index (χ1v) is 5.79. The van der Waals surface area contributed by atoms with Crippen molar-refractivity contribution in [3.05, 3.63) is 22.4 Å². The lowest BCUT2D eigenvalue weighted by Gasteiger charge is -1.98. The maximum Gasteiger partial charge on any atom is 0.107 e. The Hall–Kier alpha value is -1.03. The van der Waals surface area contributed by atoms with Gasteiger partial charge in [0.25, 0.3) is 0 Å². The maximum atomic E-state index is 5.76. The first-order chi connectivity index (χ1) is 7.06. The normalized spacial score (nSPS) is 11.5. The highest BCUT2D eigenvalue weighted by Gasteiger charge is 2.08. The average molecular weight is 268 g/mol. The molecule has 0 atom stereocenters.